The fourth-order valence-corrected chi connectivity index (χ4v) is 0.367. The largest absolute Gasteiger partial charge is 0.151 e. The van der Waals surface area contributed by atoms with Crippen LogP contribution in [0.5, 0.6) is 0 Å². The van der Waals surface area contributed by atoms with E-state index in [1.54, 1.807) is 10.4 Å². The van der Waals surface area contributed by atoms with Gasteiger partial charge in [-0.1, -0.05) is 28.1 Å². The molecule has 0 nitrogen and oxygen atoms in total. The van der Waals surface area contributed by atoms with Crippen molar-refractivity contribution >= 4 is 28.6 Å². The Balaban J connectivity index is 3.07. The van der Waals surface area contributed by atoms with Crippen molar-refractivity contribution in [2.24, 2.45) is 0 Å². The number of allylic oxidation sites excluding steroid dienone is 2. The molecule has 0 aromatic heterocycles. The Hall–Kier alpha value is 0.310. The van der Waals surface area contributed by atoms with Crippen LogP contribution in [-0.2, 0) is 0 Å². The quantitative estimate of drug-likeness (QED) is 0.447. The highest BCUT2D eigenvalue weighted by atomic mass is 79.9. The van der Waals surface area contributed by atoms with E-state index in [0.29, 0.717) is 0 Å². The maximum absolute atomic E-state index is 3.80. The molecule has 0 amide bonds. The standard InChI is InChI=1S/C4H5BrS/c5-3-1-2-4-6/h1-4,6H. The molecule has 34 valence electrons. The molecule has 0 saturated carbocycles. The zero-order valence-electron chi connectivity index (χ0n) is 3.13. The summed E-state index contributed by atoms with van der Waals surface area (Å²) in [6, 6.07) is 0. The van der Waals surface area contributed by atoms with Crippen LogP contribution in [0.1, 0.15) is 0 Å². The van der Waals surface area contributed by atoms with E-state index >= 15 is 0 Å². The van der Waals surface area contributed by atoms with Gasteiger partial charge in [-0.25, -0.2) is 0 Å². The molecule has 0 aromatic carbocycles. The Morgan fingerprint density at radius 1 is 1.33 bits per heavy atom. The summed E-state index contributed by atoms with van der Waals surface area (Å²) in [7, 11) is 0. The third kappa shape index (κ3) is 4.31. The van der Waals surface area contributed by atoms with Crippen LogP contribution in [0, 0.1) is 0 Å². The average molecular weight is 165 g/mol. The molecule has 0 aliphatic rings. The van der Waals surface area contributed by atoms with Gasteiger partial charge in [-0.3, -0.25) is 0 Å². The van der Waals surface area contributed by atoms with Crippen molar-refractivity contribution in [3.63, 3.8) is 0 Å². The van der Waals surface area contributed by atoms with E-state index in [4.69, 9.17) is 0 Å². The number of halogens is 1. The van der Waals surface area contributed by atoms with E-state index in [0.717, 1.165) is 0 Å². The molecule has 0 fully saturated rings. The van der Waals surface area contributed by atoms with E-state index in [1.807, 2.05) is 12.2 Å². The van der Waals surface area contributed by atoms with Crippen molar-refractivity contribution in [2.45, 2.75) is 0 Å². The molecule has 6 heavy (non-hydrogen) atoms. The third-order valence-corrected chi connectivity index (χ3v) is 0.747. The summed E-state index contributed by atoms with van der Waals surface area (Å²) in [4.78, 5) is 1.76. The molecule has 0 spiro atoms. The first-order chi connectivity index (χ1) is 2.91. The fraction of sp³-hybridized carbons (Fsp3) is 0. The predicted octanol–water partition coefficient (Wildman–Crippen LogP) is 2.34. The second-order valence-electron chi connectivity index (χ2n) is 0.660. The lowest BCUT2D eigenvalue weighted by atomic mass is 10.6. The van der Waals surface area contributed by atoms with Gasteiger partial charge in [0.05, 0.1) is 0 Å². The molecule has 0 aliphatic carbocycles. The van der Waals surface area contributed by atoms with Crippen LogP contribution in [0.4, 0.5) is 0 Å². The highest BCUT2D eigenvalue weighted by Crippen LogP contribution is 1.84. The van der Waals surface area contributed by atoms with Gasteiger partial charge in [0.2, 0.25) is 0 Å². The minimum atomic E-state index is 1.66. The van der Waals surface area contributed by atoms with Gasteiger partial charge >= 0.3 is 0 Å². The van der Waals surface area contributed by atoms with Crippen LogP contribution in [0.25, 0.3) is 0 Å². The molecule has 0 radical (unpaired) electrons. The Kier molecular flexibility index (Phi) is 5.58. The van der Waals surface area contributed by atoms with Crippen molar-refractivity contribution in [1.29, 1.82) is 0 Å². The first-order valence-corrected chi connectivity index (χ1v) is 2.91. The molecule has 0 aromatic rings. The summed E-state index contributed by atoms with van der Waals surface area (Å²) in [6.07, 6.45) is 3.66. The molecule has 0 aliphatic heterocycles. The Morgan fingerprint density at radius 3 is 2.17 bits per heavy atom. The van der Waals surface area contributed by atoms with Crippen LogP contribution < -0.4 is 0 Å². The Morgan fingerprint density at radius 2 is 2.00 bits per heavy atom. The molecule has 2 heteroatoms. The van der Waals surface area contributed by atoms with Gasteiger partial charge in [0.25, 0.3) is 0 Å². The van der Waals surface area contributed by atoms with Crippen molar-refractivity contribution in [3.05, 3.63) is 22.5 Å². The van der Waals surface area contributed by atoms with Crippen LogP contribution in [0.15, 0.2) is 22.5 Å². The van der Waals surface area contributed by atoms with Crippen molar-refractivity contribution in [3.8, 4) is 0 Å². The lowest BCUT2D eigenvalue weighted by Gasteiger charge is -1.60. The first-order valence-electron chi connectivity index (χ1n) is 1.48. The van der Waals surface area contributed by atoms with Crippen LogP contribution in [0.3, 0.4) is 0 Å². The van der Waals surface area contributed by atoms with E-state index in [-0.39, 0.29) is 0 Å². The van der Waals surface area contributed by atoms with Crippen molar-refractivity contribution in [1.82, 2.24) is 0 Å². The fourth-order valence-electron chi connectivity index (χ4n) is 0.0917. The molecule has 0 rings (SSSR count). The van der Waals surface area contributed by atoms with Gasteiger partial charge in [-0.15, -0.1) is 0 Å². The summed E-state index contributed by atoms with van der Waals surface area (Å²) < 4.78 is 0. The third-order valence-electron chi connectivity index (χ3n) is 0.270. The molecule has 0 bridgehead atoms. The van der Waals surface area contributed by atoms with E-state index in [2.05, 4.69) is 28.6 Å². The lowest BCUT2D eigenvalue weighted by molar-refractivity contribution is 2.11. The molecular formula is C4H5BrS. The molecule has 0 heterocycles. The maximum atomic E-state index is 3.80. The smallest absolute Gasteiger partial charge is 0.0189 e. The second-order valence-corrected chi connectivity index (χ2v) is 1.49. The second kappa shape index (κ2) is 5.31. The number of hydrogen-bond donors (Lipinski definition) is 1. The topological polar surface area (TPSA) is 0 Å². The van der Waals surface area contributed by atoms with E-state index in [9.17, 15) is 0 Å². The summed E-state index contributed by atoms with van der Waals surface area (Å²) in [6.45, 7) is 0. The van der Waals surface area contributed by atoms with Crippen molar-refractivity contribution < 1.29 is 0 Å². The van der Waals surface area contributed by atoms with Crippen LogP contribution >= 0.6 is 28.6 Å². The maximum Gasteiger partial charge on any atom is -0.0189 e. The van der Waals surface area contributed by atoms with Crippen LogP contribution in [0.2, 0.25) is 0 Å². The monoisotopic (exact) mass is 164 g/mol. The predicted molar refractivity (Wildman–Crippen MR) is 36.2 cm³/mol. The molecule has 0 N–H and O–H groups in total. The Bertz CT molecular complexity index is 55.9. The summed E-state index contributed by atoms with van der Waals surface area (Å²) >= 11 is 6.89. The number of thiol groups is 1. The first kappa shape index (κ1) is 6.31. The highest BCUT2D eigenvalue weighted by Gasteiger charge is 1.50. The van der Waals surface area contributed by atoms with Gasteiger partial charge < -0.3 is 0 Å². The zero-order valence-corrected chi connectivity index (χ0v) is 5.62. The van der Waals surface area contributed by atoms with Gasteiger partial charge in [-0.05, 0) is 10.4 Å². The van der Waals surface area contributed by atoms with Crippen LogP contribution in [-0.4, -0.2) is 0 Å². The van der Waals surface area contributed by atoms with Gasteiger partial charge in [-0.2, -0.15) is 12.6 Å². The molecule has 0 unspecified atom stereocenters. The summed E-state index contributed by atoms with van der Waals surface area (Å²) in [5.74, 6) is 0. The molecular weight excluding hydrogens is 160 g/mol. The van der Waals surface area contributed by atoms with Gasteiger partial charge in [0, 0.05) is 0 Å². The Labute approximate surface area is 51.5 Å². The zero-order chi connectivity index (χ0) is 4.83. The molecule has 0 saturated heterocycles. The lowest BCUT2D eigenvalue weighted by Crippen LogP contribution is -1.34. The van der Waals surface area contributed by atoms with Crippen molar-refractivity contribution in [2.75, 3.05) is 0 Å². The van der Waals surface area contributed by atoms with E-state index < -0.39 is 0 Å². The number of rotatable bonds is 1. The normalized spacial score (nSPS) is 11.7. The summed E-state index contributed by atoms with van der Waals surface area (Å²) in [5.41, 5.74) is 0. The minimum Gasteiger partial charge on any atom is -0.151 e. The molecule has 0 atom stereocenters. The SMILES string of the molecule is SC=CC=CBr. The highest BCUT2D eigenvalue weighted by molar-refractivity contribution is 9.11. The number of hydrogen-bond acceptors (Lipinski definition) is 1. The van der Waals surface area contributed by atoms with Gasteiger partial charge in [0.1, 0.15) is 0 Å². The minimum absolute atomic E-state index is 1.66. The van der Waals surface area contributed by atoms with E-state index in [1.165, 1.54) is 0 Å². The average Bonchev–Trinajstić information content (AvgIpc) is 1.61. The summed E-state index contributed by atoms with van der Waals surface area (Å²) in [5, 5.41) is 1.66. The van der Waals surface area contributed by atoms with Gasteiger partial charge in [0.15, 0.2) is 0 Å².